The van der Waals surface area contributed by atoms with Crippen LogP contribution in [0.25, 0.3) is 0 Å². The van der Waals surface area contributed by atoms with Crippen molar-refractivity contribution in [2.24, 2.45) is 0 Å². The summed E-state index contributed by atoms with van der Waals surface area (Å²) in [6, 6.07) is 17.0. The van der Waals surface area contributed by atoms with Crippen molar-refractivity contribution in [2.75, 3.05) is 10.0 Å². The Balaban J connectivity index is 1.63. The maximum atomic E-state index is 13.6. The molecule has 0 aromatic heterocycles. The van der Waals surface area contributed by atoms with E-state index in [9.17, 15) is 22.4 Å². The first-order valence-corrected chi connectivity index (χ1v) is 8.90. The van der Waals surface area contributed by atoms with E-state index >= 15 is 0 Å². The molecule has 3 aromatic rings. The first kappa shape index (κ1) is 19.8. The maximum absolute atomic E-state index is 13.6. The molecule has 3 nitrogen and oxygen atoms in total. The molecular weight excluding hydrogens is 392 g/mol. The molecule has 0 fully saturated rings. The van der Waals surface area contributed by atoms with Gasteiger partial charge in [-0.25, -0.2) is 4.39 Å². The number of para-hydroxylation sites is 1. The summed E-state index contributed by atoms with van der Waals surface area (Å²) in [6.07, 6.45) is -4.48. The van der Waals surface area contributed by atoms with Crippen LogP contribution in [0.1, 0.15) is 15.9 Å². The van der Waals surface area contributed by atoms with Crippen LogP contribution < -0.4 is 10.0 Å². The number of carbonyl (C=O) groups is 1. The van der Waals surface area contributed by atoms with Crippen molar-refractivity contribution >= 4 is 29.2 Å². The van der Waals surface area contributed by atoms with E-state index in [1.807, 2.05) is 0 Å². The third-order valence-electron chi connectivity index (χ3n) is 3.72. The number of alkyl halides is 3. The zero-order valence-electron chi connectivity index (χ0n) is 14.3. The fraction of sp³-hybridized carbons (Fsp3) is 0.0500. The minimum absolute atomic E-state index is 0.0551. The lowest BCUT2D eigenvalue weighted by Crippen LogP contribution is -2.13. The lowest BCUT2D eigenvalue weighted by Gasteiger charge is -2.10. The van der Waals surface area contributed by atoms with E-state index in [1.165, 1.54) is 42.3 Å². The molecular formula is C20H14F4N2OS. The Kier molecular flexibility index (Phi) is 5.89. The average molecular weight is 406 g/mol. The average Bonchev–Trinajstić information content (AvgIpc) is 2.67. The molecule has 3 rings (SSSR count). The first-order chi connectivity index (χ1) is 13.3. The number of benzene rings is 3. The number of anilines is 2. The van der Waals surface area contributed by atoms with Crippen molar-refractivity contribution in [2.45, 2.75) is 11.1 Å². The van der Waals surface area contributed by atoms with Gasteiger partial charge in [-0.15, -0.1) is 0 Å². The van der Waals surface area contributed by atoms with Gasteiger partial charge in [0.15, 0.2) is 0 Å². The monoisotopic (exact) mass is 406 g/mol. The van der Waals surface area contributed by atoms with E-state index in [-0.39, 0.29) is 17.1 Å². The number of halogens is 4. The fourth-order valence-electron chi connectivity index (χ4n) is 2.31. The molecule has 0 aliphatic carbocycles. The third kappa shape index (κ3) is 5.04. The van der Waals surface area contributed by atoms with Crippen molar-refractivity contribution in [1.82, 2.24) is 0 Å². The third-order valence-corrected chi connectivity index (χ3v) is 4.55. The van der Waals surface area contributed by atoms with Crippen molar-refractivity contribution < 1.29 is 22.4 Å². The van der Waals surface area contributed by atoms with Gasteiger partial charge in [-0.3, -0.25) is 4.79 Å². The van der Waals surface area contributed by atoms with E-state index in [0.29, 0.717) is 5.69 Å². The van der Waals surface area contributed by atoms with Crippen molar-refractivity contribution in [3.05, 3.63) is 89.7 Å². The molecule has 3 aromatic carbocycles. The number of nitrogens with one attached hydrogen (secondary N) is 2. The summed E-state index contributed by atoms with van der Waals surface area (Å²) in [6.45, 7) is 0. The Morgan fingerprint density at radius 3 is 2.29 bits per heavy atom. The summed E-state index contributed by atoms with van der Waals surface area (Å²) >= 11 is 1.17. The second-order valence-corrected chi connectivity index (χ2v) is 6.62. The zero-order valence-corrected chi connectivity index (χ0v) is 15.1. The summed E-state index contributed by atoms with van der Waals surface area (Å²) in [4.78, 5) is 13.0. The molecule has 0 saturated carbocycles. The van der Waals surface area contributed by atoms with Crippen LogP contribution in [0.2, 0.25) is 0 Å². The molecule has 0 unspecified atom stereocenters. The predicted octanol–water partition coefficient (Wildman–Crippen LogP) is 6.22. The SMILES string of the molecule is O=C(Nc1cccc(C(F)(F)F)c1)c1ccc(SNc2ccccc2F)cc1. The van der Waals surface area contributed by atoms with E-state index in [4.69, 9.17) is 0 Å². The van der Waals surface area contributed by atoms with Gasteiger partial charge in [0, 0.05) is 16.1 Å². The van der Waals surface area contributed by atoms with Crippen LogP contribution >= 0.6 is 11.9 Å². The molecule has 1 amide bonds. The second-order valence-electron chi connectivity index (χ2n) is 5.74. The molecule has 28 heavy (non-hydrogen) atoms. The van der Waals surface area contributed by atoms with Crippen molar-refractivity contribution in [3.63, 3.8) is 0 Å². The number of amides is 1. The van der Waals surface area contributed by atoms with Gasteiger partial charge >= 0.3 is 6.18 Å². The highest BCUT2D eigenvalue weighted by Crippen LogP contribution is 2.31. The normalized spacial score (nSPS) is 11.1. The molecule has 0 heterocycles. The largest absolute Gasteiger partial charge is 0.416 e. The van der Waals surface area contributed by atoms with Gasteiger partial charge < -0.3 is 10.0 Å². The molecule has 8 heteroatoms. The van der Waals surface area contributed by atoms with Crippen molar-refractivity contribution in [3.8, 4) is 0 Å². The van der Waals surface area contributed by atoms with Gasteiger partial charge in [-0.1, -0.05) is 18.2 Å². The maximum Gasteiger partial charge on any atom is 0.416 e. The molecule has 0 aliphatic rings. The smallest absolute Gasteiger partial charge is 0.323 e. The van der Waals surface area contributed by atoms with Gasteiger partial charge in [0.05, 0.1) is 11.3 Å². The number of carbonyl (C=O) groups excluding carboxylic acids is 1. The molecule has 2 N–H and O–H groups in total. The van der Waals surface area contributed by atoms with Crippen molar-refractivity contribution in [1.29, 1.82) is 0 Å². The van der Waals surface area contributed by atoms with E-state index < -0.39 is 17.6 Å². The first-order valence-electron chi connectivity index (χ1n) is 8.09. The highest BCUT2D eigenvalue weighted by atomic mass is 32.2. The molecule has 0 aliphatic heterocycles. The Labute approximate surface area is 162 Å². The van der Waals surface area contributed by atoms with Crippen LogP contribution in [-0.2, 0) is 6.18 Å². The summed E-state index contributed by atoms with van der Waals surface area (Å²) < 4.78 is 54.7. The Morgan fingerprint density at radius 1 is 0.893 bits per heavy atom. The fourth-order valence-corrected chi connectivity index (χ4v) is 2.97. The van der Waals surface area contributed by atoms with Crippen LogP contribution in [-0.4, -0.2) is 5.91 Å². The number of hydrogen-bond donors (Lipinski definition) is 2. The lowest BCUT2D eigenvalue weighted by molar-refractivity contribution is -0.137. The number of rotatable bonds is 5. The molecule has 0 saturated heterocycles. The lowest BCUT2D eigenvalue weighted by atomic mass is 10.1. The summed E-state index contributed by atoms with van der Waals surface area (Å²) in [5.74, 6) is -0.912. The molecule has 0 bridgehead atoms. The molecule has 0 atom stereocenters. The van der Waals surface area contributed by atoms with Gasteiger partial charge in [0.1, 0.15) is 5.82 Å². The summed E-state index contributed by atoms with van der Waals surface area (Å²) in [7, 11) is 0. The molecule has 0 radical (unpaired) electrons. The summed E-state index contributed by atoms with van der Waals surface area (Å²) in [5, 5.41) is 2.44. The second kappa shape index (κ2) is 8.35. The van der Waals surface area contributed by atoms with E-state index in [0.717, 1.165) is 17.0 Å². The van der Waals surface area contributed by atoms with E-state index in [2.05, 4.69) is 10.0 Å². The Bertz CT molecular complexity index is 974. The highest BCUT2D eigenvalue weighted by Gasteiger charge is 2.30. The van der Waals surface area contributed by atoms with Gasteiger partial charge in [-0.05, 0) is 66.5 Å². The van der Waals surface area contributed by atoms with Crippen LogP contribution in [0, 0.1) is 5.82 Å². The quantitative estimate of drug-likeness (QED) is 0.391. The van der Waals surface area contributed by atoms with Gasteiger partial charge in [0.25, 0.3) is 5.91 Å². The van der Waals surface area contributed by atoms with Gasteiger partial charge in [-0.2, -0.15) is 13.2 Å². The van der Waals surface area contributed by atoms with Gasteiger partial charge in [0.2, 0.25) is 0 Å². The van der Waals surface area contributed by atoms with E-state index in [1.54, 1.807) is 30.3 Å². The number of hydrogen-bond acceptors (Lipinski definition) is 3. The Morgan fingerprint density at radius 2 is 1.61 bits per heavy atom. The minimum Gasteiger partial charge on any atom is -0.323 e. The standard InChI is InChI=1S/C20H14F4N2OS/c21-17-6-1-2-7-18(17)26-28-16-10-8-13(9-11-16)19(27)25-15-5-3-4-14(12-15)20(22,23)24/h1-12,26H,(H,25,27). The Hall–Kier alpha value is -3.00. The highest BCUT2D eigenvalue weighted by molar-refractivity contribution is 8.00. The topological polar surface area (TPSA) is 41.1 Å². The minimum atomic E-state index is -4.48. The molecule has 0 spiro atoms. The van der Waals surface area contributed by atoms with Crippen LogP contribution in [0.5, 0.6) is 0 Å². The van der Waals surface area contributed by atoms with Crippen LogP contribution in [0.4, 0.5) is 28.9 Å². The molecule has 144 valence electrons. The van der Waals surface area contributed by atoms with Crippen LogP contribution in [0.15, 0.2) is 77.7 Å². The summed E-state index contributed by atoms with van der Waals surface area (Å²) in [5.41, 5.74) is -0.165. The van der Waals surface area contributed by atoms with Crippen LogP contribution in [0.3, 0.4) is 0 Å². The zero-order chi connectivity index (χ0) is 20.1. The predicted molar refractivity (Wildman–Crippen MR) is 102 cm³/mol.